The molecule has 1 amide bonds. The fourth-order valence-electron chi connectivity index (χ4n) is 3.46. The van der Waals surface area contributed by atoms with E-state index in [1.807, 2.05) is 24.4 Å². The number of piperidine rings is 1. The summed E-state index contributed by atoms with van der Waals surface area (Å²) in [6.45, 7) is 3.41. The fourth-order valence-corrected chi connectivity index (χ4v) is 4.29. The van der Waals surface area contributed by atoms with E-state index in [1.54, 1.807) is 0 Å². The predicted molar refractivity (Wildman–Crippen MR) is 104 cm³/mol. The van der Waals surface area contributed by atoms with Crippen LogP contribution in [0.1, 0.15) is 18.4 Å². The lowest BCUT2D eigenvalue weighted by Crippen LogP contribution is -2.48. The quantitative estimate of drug-likeness (QED) is 0.833. The summed E-state index contributed by atoms with van der Waals surface area (Å²) >= 11 is 0. The Morgan fingerprint density at radius 3 is 2.33 bits per heavy atom. The topological polar surface area (TPSA) is 94.1 Å². The van der Waals surface area contributed by atoms with E-state index in [0.29, 0.717) is 45.2 Å². The van der Waals surface area contributed by atoms with Crippen molar-refractivity contribution in [1.82, 2.24) is 14.2 Å². The maximum absolute atomic E-state index is 11.6. The van der Waals surface area contributed by atoms with Crippen molar-refractivity contribution >= 4 is 28.0 Å². The van der Waals surface area contributed by atoms with Crippen molar-refractivity contribution in [2.45, 2.75) is 12.8 Å². The second-order valence-electron chi connectivity index (χ2n) is 7.06. The number of hydrogen-bond donors (Lipinski definition) is 1. The smallest absolute Gasteiger partial charge is 0.407 e. The van der Waals surface area contributed by atoms with Crippen LogP contribution in [0.2, 0.25) is 0 Å². The molecule has 0 spiro atoms. The molecule has 0 bridgehead atoms. The van der Waals surface area contributed by atoms with E-state index in [2.05, 4.69) is 16.0 Å². The van der Waals surface area contributed by atoms with Gasteiger partial charge in [-0.15, -0.1) is 0 Å². The number of allylic oxidation sites excluding steroid dienone is 1. The summed E-state index contributed by atoms with van der Waals surface area (Å²) in [5, 5.41) is 8.98. The molecule has 2 aliphatic heterocycles. The molecule has 3 heterocycles. The van der Waals surface area contributed by atoms with Crippen molar-refractivity contribution in [3.05, 3.63) is 30.0 Å². The summed E-state index contributed by atoms with van der Waals surface area (Å²) in [7, 11) is -3.12. The Morgan fingerprint density at radius 2 is 1.81 bits per heavy atom. The number of piperazine rings is 1. The number of carboxylic acid groups (broad SMARTS) is 1. The SMILES string of the molecule is CS(=O)(=O)N1CCN(c2ccc(/C=C/C3CCN(C(=O)O)CC3)cn2)CC1. The first kappa shape index (κ1) is 19.6. The van der Waals surface area contributed by atoms with Gasteiger partial charge in [-0.3, -0.25) is 0 Å². The van der Waals surface area contributed by atoms with Gasteiger partial charge in [0.1, 0.15) is 5.82 Å². The molecule has 0 radical (unpaired) electrons. The van der Waals surface area contributed by atoms with Gasteiger partial charge in [-0.25, -0.2) is 18.2 Å². The fraction of sp³-hybridized carbons (Fsp3) is 0.556. The minimum atomic E-state index is -3.12. The van der Waals surface area contributed by atoms with Crippen molar-refractivity contribution in [1.29, 1.82) is 0 Å². The van der Waals surface area contributed by atoms with Crippen LogP contribution in [0, 0.1) is 5.92 Å². The van der Waals surface area contributed by atoms with Gasteiger partial charge in [0.05, 0.1) is 6.26 Å². The third-order valence-electron chi connectivity index (χ3n) is 5.17. The molecule has 27 heavy (non-hydrogen) atoms. The number of amides is 1. The molecule has 1 N–H and O–H groups in total. The van der Waals surface area contributed by atoms with Crippen molar-refractivity contribution in [3.63, 3.8) is 0 Å². The molecule has 1 aromatic rings. The first-order valence-electron chi connectivity index (χ1n) is 9.15. The van der Waals surface area contributed by atoms with Gasteiger partial charge in [0.2, 0.25) is 10.0 Å². The van der Waals surface area contributed by atoms with E-state index in [4.69, 9.17) is 5.11 Å². The molecule has 0 saturated carbocycles. The molecule has 2 aliphatic rings. The molecular weight excluding hydrogens is 368 g/mol. The highest BCUT2D eigenvalue weighted by Crippen LogP contribution is 2.20. The normalized spacial score (nSPS) is 20.3. The molecule has 0 aliphatic carbocycles. The lowest BCUT2D eigenvalue weighted by atomic mass is 9.96. The van der Waals surface area contributed by atoms with Crippen LogP contribution >= 0.6 is 0 Å². The van der Waals surface area contributed by atoms with E-state index >= 15 is 0 Å². The maximum atomic E-state index is 11.6. The third kappa shape index (κ3) is 5.20. The van der Waals surface area contributed by atoms with Gasteiger partial charge in [0, 0.05) is 45.5 Å². The number of hydrogen-bond acceptors (Lipinski definition) is 5. The first-order valence-corrected chi connectivity index (χ1v) is 11.0. The lowest BCUT2D eigenvalue weighted by molar-refractivity contribution is 0.129. The Balaban J connectivity index is 1.52. The van der Waals surface area contributed by atoms with E-state index in [9.17, 15) is 13.2 Å². The number of likely N-dealkylation sites (tertiary alicyclic amines) is 1. The maximum Gasteiger partial charge on any atom is 0.407 e. The van der Waals surface area contributed by atoms with Crippen LogP contribution in [0.15, 0.2) is 24.4 Å². The number of anilines is 1. The van der Waals surface area contributed by atoms with Crippen LogP contribution in [-0.2, 0) is 10.0 Å². The van der Waals surface area contributed by atoms with Crippen molar-refractivity contribution < 1.29 is 18.3 Å². The van der Waals surface area contributed by atoms with Gasteiger partial charge in [0.25, 0.3) is 0 Å². The zero-order valence-electron chi connectivity index (χ0n) is 15.5. The number of pyridine rings is 1. The third-order valence-corrected chi connectivity index (χ3v) is 6.48. The Hall–Kier alpha value is -2.13. The van der Waals surface area contributed by atoms with Crippen LogP contribution in [-0.4, -0.2) is 79.3 Å². The Morgan fingerprint density at radius 1 is 1.15 bits per heavy atom. The second kappa shape index (κ2) is 8.26. The number of nitrogens with zero attached hydrogens (tertiary/aromatic N) is 4. The zero-order chi connectivity index (χ0) is 19.4. The van der Waals surface area contributed by atoms with Crippen molar-refractivity contribution in [2.75, 3.05) is 50.4 Å². The Labute approximate surface area is 160 Å². The van der Waals surface area contributed by atoms with Crippen LogP contribution in [0.4, 0.5) is 10.6 Å². The van der Waals surface area contributed by atoms with Gasteiger partial charge in [-0.1, -0.05) is 12.2 Å². The molecule has 9 heteroatoms. The summed E-state index contributed by atoms with van der Waals surface area (Å²) in [5.41, 5.74) is 1.01. The Bertz CT molecular complexity index is 778. The molecule has 0 aromatic carbocycles. The highest BCUT2D eigenvalue weighted by atomic mass is 32.2. The molecule has 148 valence electrons. The summed E-state index contributed by atoms with van der Waals surface area (Å²) in [4.78, 5) is 19.0. The lowest BCUT2D eigenvalue weighted by Gasteiger charge is -2.33. The summed E-state index contributed by atoms with van der Waals surface area (Å²) in [5.74, 6) is 1.25. The second-order valence-corrected chi connectivity index (χ2v) is 9.05. The molecule has 3 rings (SSSR count). The molecular formula is C18H26N4O4S. The zero-order valence-corrected chi connectivity index (χ0v) is 16.3. The standard InChI is InChI=1S/C18H26N4O4S/c1-27(25,26)22-12-10-20(11-13-22)17-5-4-16(14-19-17)3-2-15-6-8-21(9-7-15)18(23)24/h2-5,14-15H,6-13H2,1H3,(H,23,24)/b3-2+. The van der Waals surface area contributed by atoms with Crippen molar-refractivity contribution in [3.8, 4) is 0 Å². The predicted octanol–water partition coefficient (Wildman–Crippen LogP) is 1.57. The monoisotopic (exact) mass is 394 g/mol. The van der Waals surface area contributed by atoms with Crippen LogP contribution in [0.3, 0.4) is 0 Å². The highest BCUT2D eigenvalue weighted by molar-refractivity contribution is 7.88. The van der Waals surface area contributed by atoms with Crippen LogP contribution in [0.5, 0.6) is 0 Å². The molecule has 2 saturated heterocycles. The average molecular weight is 394 g/mol. The highest BCUT2D eigenvalue weighted by Gasteiger charge is 2.24. The van der Waals surface area contributed by atoms with Gasteiger partial charge >= 0.3 is 6.09 Å². The van der Waals surface area contributed by atoms with Crippen LogP contribution < -0.4 is 4.90 Å². The van der Waals surface area contributed by atoms with E-state index in [1.165, 1.54) is 15.5 Å². The van der Waals surface area contributed by atoms with E-state index in [-0.39, 0.29) is 0 Å². The number of carbonyl (C=O) groups is 1. The molecule has 8 nitrogen and oxygen atoms in total. The molecule has 1 aromatic heterocycles. The number of rotatable bonds is 4. The summed E-state index contributed by atoms with van der Waals surface area (Å²) in [6, 6.07) is 3.97. The number of aromatic nitrogens is 1. The van der Waals surface area contributed by atoms with E-state index in [0.717, 1.165) is 24.2 Å². The van der Waals surface area contributed by atoms with Crippen molar-refractivity contribution in [2.24, 2.45) is 5.92 Å². The summed E-state index contributed by atoms with van der Waals surface area (Å²) < 4.78 is 24.7. The largest absolute Gasteiger partial charge is 0.465 e. The minimum absolute atomic E-state index is 0.393. The minimum Gasteiger partial charge on any atom is -0.465 e. The van der Waals surface area contributed by atoms with Gasteiger partial charge < -0.3 is 14.9 Å². The van der Waals surface area contributed by atoms with Gasteiger partial charge in [-0.2, -0.15) is 4.31 Å². The molecule has 0 unspecified atom stereocenters. The Kier molecular flexibility index (Phi) is 6.01. The van der Waals surface area contributed by atoms with Crippen LogP contribution in [0.25, 0.3) is 6.08 Å². The van der Waals surface area contributed by atoms with Gasteiger partial charge in [-0.05, 0) is 36.5 Å². The molecule has 2 fully saturated rings. The average Bonchev–Trinajstić information content (AvgIpc) is 2.66. The summed E-state index contributed by atoms with van der Waals surface area (Å²) in [6.07, 6.45) is 8.10. The molecule has 0 atom stereocenters. The van der Waals surface area contributed by atoms with E-state index < -0.39 is 16.1 Å². The number of sulfonamides is 1. The van der Waals surface area contributed by atoms with Gasteiger partial charge in [0.15, 0.2) is 0 Å². The first-order chi connectivity index (χ1) is 12.8.